The molecule has 0 aliphatic carbocycles. The molecule has 1 amide bonds. The molecule has 0 aromatic carbocycles. The number of amides is 1. The molecule has 0 spiro atoms. The van der Waals surface area contributed by atoms with Crippen molar-refractivity contribution in [1.82, 2.24) is 5.32 Å². The number of alkyl carbamates (subject to hydrolysis) is 1. The number of thiophene rings is 1. The Labute approximate surface area is 124 Å². The van der Waals surface area contributed by atoms with Crippen molar-refractivity contribution in [3.05, 3.63) is 20.3 Å². The molecule has 0 atom stereocenters. The van der Waals surface area contributed by atoms with Crippen molar-refractivity contribution in [2.75, 3.05) is 7.11 Å². The fourth-order valence-corrected chi connectivity index (χ4v) is 2.87. The summed E-state index contributed by atoms with van der Waals surface area (Å²) in [5.74, 6) is -0.394. The summed E-state index contributed by atoms with van der Waals surface area (Å²) in [4.78, 5) is 24.2. The van der Waals surface area contributed by atoms with Gasteiger partial charge in [0.15, 0.2) is 0 Å². The van der Waals surface area contributed by atoms with Gasteiger partial charge in [0.1, 0.15) is 10.5 Å². The van der Waals surface area contributed by atoms with Crippen LogP contribution in [0.15, 0.2) is 10.5 Å². The molecule has 19 heavy (non-hydrogen) atoms. The second kappa shape index (κ2) is 6.38. The van der Waals surface area contributed by atoms with E-state index in [2.05, 4.69) is 26.0 Å². The van der Waals surface area contributed by atoms with Gasteiger partial charge in [-0.15, -0.1) is 11.3 Å². The van der Waals surface area contributed by atoms with Crippen LogP contribution in [0.5, 0.6) is 0 Å². The normalized spacial score (nSPS) is 11.0. The molecule has 7 heteroatoms. The molecule has 0 aliphatic heterocycles. The lowest BCUT2D eigenvalue weighted by Gasteiger charge is -2.19. The van der Waals surface area contributed by atoms with Gasteiger partial charge in [0.05, 0.1) is 13.7 Å². The van der Waals surface area contributed by atoms with Crippen LogP contribution in [0, 0.1) is 0 Å². The molecule has 5 nitrogen and oxygen atoms in total. The Hall–Kier alpha value is -1.08. The highest BCUT2D eigenvalue weighted by molar-refractivity contribution is 9.10. The summed E-state index contributed by atoms with van der Waals surface area (Å²) >= 11 is 4.60. The molecule has 1 aromatic rings. The standard InChI is InChI=1S/C12H16BrNO4S/c1-12(2,3)18-11(16)14-6-9-7(13)5-8(19-9)10(15)17-4/h5H,6H2,1-4H3,(H,14,16). The van der Waals surface area contributed by atoms with E-state index in [0.717, 1.165) is 9.35 Å². The lowest BCUT2D eigenvalue weighted by Crippen LogP contribution is -2.32. The molecule has 0 saturated carbocycles. The Kier molecular flexibility index (Phi) is 5.37. The molecule has 0 unspecified atom stereocenters. The Morgan fingerprint density at radius 2 is 2.05 bits per heavy atom. The number of carbonyl (C=O) groups is 2. The van der Waals surface area contributed by atoms with E-state index in [-0.39, 0.29) is 6.54 Å². The summed E-state index contributed by atoms with van der Waals surface area (Å²) in [5, 5.41) is 2.63. The van der Waals surface area contributed by atoms with Gasteiger partial charge in [0, 0.05) is 9.35 Å². The molecule has 0 fully saturated rings. The van der Waals surface area contributed by atoms with Gasteiger partial charge in [0.25, 0.3) is 0 Å². The van der Waals surface area contributed by atoms with E-state index in [1.54, 1.807) is 26.8 Å². The summed E-state index contributed by atoms with van der Waals surface area (Å²) in [7, 11) is 1.33. The van der Waals surface area contributed by atoms with Crippen LogP contribution in [-0.2, 0) is 16.0 Å². The van der Waals surface area contributed by atoms with Gasteiger partial charge in [0.2, 0.25) is 0 Å². The monoisotopic (exact) mass is 349 g/mol. The molecule has 1 rings (SSSR count). The maximum atomic E-state index is 11.5. The zero-order valence-electron chi connectivity index (χ0n) is 11.2. The highest BCUT2D eigenvalue weighted by Crippen LogP contribution is 2.27. The van der Waals surface area contributed by atoms with Crippen LogP contribution in [0.2, 0.25) is 0 Å². The van der Waals surface area contributed by atoms with Gasteiger partial charge in [-0.1, -0.05) is 0 Å². The summed E-state index contributed by atoms with van der Waals surface area (Å²) in [6.07, 6.45) is -0.493. The third-order valence-electron chi connectivity index (χ3n) is 1.94. The SMILES string of the molecule is COC(=O)c1cc(Br)c(CNC(=O)OC(C)(C)C)s1. The predicted octanol–water partition coefficient (Wildman–Crippen LogP) is 3.32. The van der Waals surface area contributed by atoms with E-state index in [0.29, 0.717) is 4.88 Å². The smallest absolute Gasteiger partial charge is 0.407 e. The number of hydrogen-bond donors (Lipinski definition) is 1. The van der Waals surface area contributed by atoms with Gasteiger partial charge < -0.3 is 14.8 Å². The largest absolute Gasteiger partial charge is 0.465 e. The number of esters is 1. The molecule has 1 heterocycles. The minimum Gasteiger partial charge on any atom is -0.465 e. The zero-order chi connectivity index (χ0) is 14.6. The van der Waals surface area contributed by atoms with E-state index >= 15 is 0 Å². The van der Waals surface area contributed by atoms with Gasteiger partial charge in [-0.2, -0.15) is 0 Å². The molecular formula is C12H16BrNO4S. The second-order valence-electron chi connectivity index (χ2n) is 4.73. The van der Waals surface area contributed by atoms with Gasteiger partial charge in [-0.3, -0.25) is 0 Å². The van der Waals surface area contributed by atoms with Crippen LogP contribution in [0.4, 0.5) is 4.79 Å². The Bertz CT molecular complexity index is 479. The highest BCUT2D eigenvalue weighted by Gasteiger charge is 2.17. The van der Waals surface area contributed by atoms with Crippen molar-refractivity contribution in [2.24, 2.45) is 0 Å². The number of rotatable bonds is 3. The zero-order valence-corrected chi connectivity index (χ0v) is 13.6. The Morgan fingerprint density at radius 3 is 2.58 bits per heavy atom. The van der Waals surface area contributed by atoms with Crippen molar-refractivity contribution in [2.45, 2.75) is 32.9 Å². The van der Waals surface area contributed by atoms with Gasteiger partial charge in [-0.25, -0.2) is 9.59 Å². The van der Waals surface area contributed by atoms with E-state index in [1.807, 2.05) is 0 Å². The quantitative estimate of drug-likeness (QED) is 0.850. The highest BCUT2D eigenvalue weighted by atomic mass is 79.9. The molecule has 1 N–H and O–H groups in total. The molecule has 0 aliphatic rings. The average molecular weight is 350 g/mol. The second-order valence-corrected chi connectivity index (χ2v) is 6.72. The summed E-state index contributed by atoms with van der Waals surface area (Å²) in [6, 6.07) is 1.67. The van der Waals surface area contributed by atoms with Crippen LogP contribution in [0.3, 0.4) is 0 Å². The molecular weight excluding hydrogens is 334 g/mol. The third kappa shape index (κ3) is 5.20. The number of hydrogen-bond acceptors (Lipinski definition) is 5. The maximum Gasteiger partial charge on any atom is 0.407 e. The molecule has 0 saturated heterocycles. The van der Waals surface area contributed by atoms with Crippen LogP contribution >= 0.6 is 27.3 Å². The van der Waals surface area contributed by atoms with Crippen molar-refractivity contribution in [1.29, 1.82) is 0 Å². The van der Waals surface area contributed by atoms with Crippen molar-refractivity contribution < 1.29 is 19.1 Å². The number of methoxy groups -OCH3 is 1. The fraction of sp³-hybridized carbons (Fsp3) is 0.500. The Balaban J connectivity index is 2.61. The molecule has 0 bridgehead atoms. The van der Waals surface area contributed by atoms with Crippen molar-refractivity contribution >= 4 is 39.3 Å². The van der Waals surface area contributed by atoms with E-state index < -0.39 is 17.7 Å². The van der Waals surface area contributed by atoms with Crippen LogP contribution in [0.25, 0.3) is 0 Å². The first kappa shape index (κ1) is 16.0. The summed E-state index contributed by atoms with van der Waals surface area (Å²) in [6.45, 7) is 5.67. The van der Waals surface area contributed by atoms with Gasteiger partial charge in [-0.05, 0) is 42.8 Å². The summed E-state index contributed by atoms with van der Waals surface area (Å²) < 4.78 is 10.5. The third-order valence-corrected chi connectivity index (χ3v) is 4.02. The fourth-order valence-electron chi connectivity index (χ4n) is 1.19. The topological polar surface area (TPSA) is 64.6 Å². The number of nitrogens with one attached hydrogen (secondary N) is 1. The first-order valence-electron chi connectivity index (χ1n) is 5.56. The summed E-state index contributed by atoms with van der Waals surface area (Å²) in [5.41, 5.74) is -0.534. The maximum absolute atomic E-state index is 11.5. The first-order chi connectivity index (χ1) is 8.73. The minimum atomic E-state index is -0.534. The lowest BCUT2D eigenvalue weighted by molar-refractivity contribution is 0.0523. The number of carbonyl (C=O) groups excluding carboxylic acids is 2. The van der Waals surface area contributed by atoms with Crippen LogP contribution in [0.1, 0.15) is 35.3 Å². The van der Waals surface area contributed by atoms with Gasteiger partial charge >= 0.3 is 12.1 Å². The molecule has 0 radical (unpaired) electrons. The average Bonchev–Trinajstić information content (AvgIpc) is 2.65. The van der Waals surface area contributed by atoms with Crippen molar-refractivity contribution in [3.8, 4) is 0 Å². The first-order valence-corrected chi connectivity index (χ1v) is 7.17. The van der Waals surface area contributed by atoms with E-state index in [4.69, 9.17) is 4.74 Å². The van der Waals surface area contributed by atoms with Crippen LogP contribution in [-0.4, -0.2) is 24.8 Å². The minimum absolute atomic E-state index is 0.289. The Morgan fingerprint density at radius 1 is 1.42 bits per heavy atom. The van der Waals surface area contributed by atoms with Crippen molar-refractivity contribution in [3.63, 3.8) is 0 Å². The number of ether oxygens (including phenoxy) is 2. The number of halogens is 1. The van der Waals surface area contributed by atoms with Crippen LogP contribution < -0.4 is 5.32 Å². The van der Waals surface area contributed by atoms with E-state index in [9.17, 15) is 9.59 Å². The molecule has 1 aromatic heterocycles. The predicted molar refractivity (Wildman–Crippen MR) is 76.4 cm³/mol. The lowest BCUT2D eigenvalue weighted by atomic mass is 10.2. The van der Waals surface area contributed by atoms with E-state index in [1.165, 1.54) is 18.4 Å². The molecule has 106 valence electrons.